The van der Waals surface area contributed by atoms with Crippen LogP contribution < -0.4 is 4.74 Å². The van der Waals surface area contributed by atoms with E-state index < -0.39 is 5.60 Å². The number of carbonyl (C=O) groups is 1. The standard InChI is InChI=1S/C24H27N3O4S2/c1-15-25-19-4-3-17(30-2)11-18(19)23(26-15)32-14-20(28)21-5-6-22(33-21)24(29)7-9-27(10-8-24)16-12-31-13-16/h3-6,11,16,29H,7-10,12-14H2,1-2H3. The minimum Gasteiger partial charge on any atom is -0.497 e. The summed E-state index contributed by atoms with van der Waals surface area (Å²) in [6, 6.07) is 9.94. The second-order valence-electron chi connectivity index (χ2n) is 8.59. The molecule has 0 aliphatic carbocycles. The molecule has 0 radical (unpaired) electrons. The van der Waals surface area contributed by atoms with Gasteiger partial charge < -0.3 is 14.6 Å². The van der Waals surface area contributed by atoms with Gasteiger partial charge in [0.2, 0.25) is 0 Å². The summed E-state index contributed by atoms with van der Waals surface area (Å²) in [5, 5.41) is 12.9. The number of piperidine rings is 1. The Morgan fingerprint density at radius 3 is 2.76 bits per heavy atom. The smallest absolute Gasteiger partial charge is 0.183 e. The second kappa shape index (κ2) is 9.31. The van der Waals surface area contributed by atoms with E-state index in [0.29, 0.717) is 29.6 Å². The number of hydrogen-bond donors (Lipinski definition) is 1. The second-order valence-corrected chi connectivity index (χ2v) is 10.6. The highest BCUT2D eigenvalue weighted by molar-refractivity contribution is 8.00. The predicted octanol–water partition coefficient (Wildman–Crippen LogP) is 3.67. The Hall–Kier alpha value is -2.04. The molecule has 3 aromatic rings. The largest absolute Gasteiger partial charge is 0.497 e. The molecule has 2 aliphatic rings. The summed E-state index contributed by atoms with van der Waals surface area (Å²) >= 11 is 2.83. The van der Waals surface area contributed by atoms with Crippen LogP contribution in [0.3, 0.4) is 0 Å². The van der Waals surface area contributed by atoms with Crippen molar-refractivity contribution in [3.05, 3.63) is 45.9 Å². The van der Waals surface area contributed by atoms with E-state index >= 15 is 0 Å². The third-order valence-corrected chi connectivity index (χ3v) is 8.73. The van der Waals surface area contributed by atoms with Crippen LogP contribution in [0.2, 0.25) is 0 Å². The van der Waals surface area contributed by atoms with Gasteiger partial charge in [-0.05, 0) is 50.1 Å². The zero-order valence-electron chi connectivity index (χ0n) is 18.7. The first-order chi connectivity index (χ1) is 15.9. The number of thiophene rings is 1. The molecule has 7 nitrogen and oxygen atoms in total. The Bertz CT molecular complexity index is 1170. The molecule has 0 saturated carbocycles. The number of rotatable bonds is 7. The fraction of sp³-hybridized carbons (Fsp3) is 0.458. The number of benzene rings is 1. The maximum atomic E-state index is 13.0. The van der Waals surface area contributed by atoms with E-state index in [-0.39, 0.29) is 11.5 Å². The van der Waals surface area contributed by atoms with Crippen molar-refractivity contribution in [3.63, 3.8) is 0 Å². The van der Waals surface area contributed by atoms with Crippen LogP contribution in [-0.2, 0) is 10.3 Å². The average Bonchev–Trinajstić information content (AvgIpc) is 3.29. The third kappa shape index (κ3) is 4.65. The first kappa shape index (κ1) is 22.7. The maximum absolute atomic E-state index is 13.0. The number of aryl methyl sites for hydroxylation is 1. The molecule has 5 rings (SSSR count). The number of nitrogens with zero attached hydrogens (tertiary/aromatic N) is 3. The lowest BCUT2D eigenvalue weighted by Crippen LogP contribution is -2.54. The lowest BCUT2D eigenvalue weighted by atomic mass is 9.89. The minimum absolute atomic E-state index is 0.0382. The van der Waals surface area contributed by atoms with Crippen molar-refractivity contribution in [2.75, 3.05) is 39.2 Å². The summed E-state index contributed by atoms with van der Waals surface area (Å²) in [4.78, 5) is 26.0. The average molecular weight is 486 g/mol. The zero-order chi connectivity index (χ0) is 23.0. The zero-order valence-corrected chi connectivity index (χ0v) is 20.4. The SMILES string of the molecule is COc1ccc2nc(C)nc(SCC(=O)c3ccc(C4(O)CCN(C5COC5)CC4)s3)c2c1. The van der Waals surface area contributed by atoms with Gasteiger partial charge in [0, 0.05) is 23.4 Å². The van der Waals surface area contributed by atoms with Crippen LogP contribution in [0.4, 0.5) is 0 Å². The van der Waals surface area contributed by atoms with Crippen molar-refractivity contribution in [3.8, 4) is 5.75 Å². The summed E-state index contributed by atoms with van der Waals surface area (Å²) < 4.78 is 10.6. The fourth-order valence-corrected chi connectivity index (χ4v) is 6.43. The first-order valence-corrected chi connectivity index (χ1v) is 12.9. The van der Waals surface area contributed by atoms with Crippen LogP contribution in [0.25, 0.3) is 10.9 Å². The molecule has 2 aromatic heterocycles. The van der Waals surface area contributed by atoms with Crippen LogP contribution >= 0.6 is 23.1 Å². The van der Waals surface area contributed by atoms with Gasteiger partial charge in [-0.2, -0.15) is 0 Å². The lowest BCUT2D eigenvalue weighted by Gasteiger charge is -2.44. The van der Waals surface area contributed by atoms with Gasteiger partial charge in [-0.15, -0.1) is 11.3 Å². The molecular weight excluding hydrogens is 458 g/mol. The number of aromatic nitrogens is 2. The van der Waals surface area contributed by atoms with Gasteiger partial charge in [-0.25, -0.2) is 9.97 Å². The maximum Gasteiger partial charge on any atom is 0.183 e. The number of aliphatic hydroxyl groups is 1. The molecule has 0 bridgehead atoms. The van der Waals surface area contributed by atoms with Crippen molar-refractivity contribution in [2.24, 2.45) is 0 Å². The molecule has 0 spiro atoms. The Balaban J connectivity index is 1.26. The number of methoxy groups -OCH3 is 1. The Morgan fingerprint density at radius 1 is 1.27 bits per heavy atom. The van der Waals surface area contributed by atoms with E-state index in [1.54, 1.807) is 7.11 Å². The lowest BCUT2D eigenvalue weighted by molar-refractivity contribution is -0.100. The molecular formula is C24H27N3O4S2. The molecule has 2 fully saturated rings. The van der Waals surface area contributed by atoms with E-state index in [2.05, 4.69) is 14.9 Å². The van der Waals surface area contributed by atoms with Crippen LogP contribution in [-0.4, -0.2) is 71.0 Å². The fourth-order valence-electron chi connectivity index (χ4n) is 4.31. The number of likely N-dealkylation sites (tertiary alicyclic amines) is 1. The first-order valence-electron chi connectivity index (χ1n) is 11.1. The van der Waals surface area contributed by atoms with Gasteiger partial charge in [0.05, 0.1) is 42.5 Å². The van der Waals surface area contributed by atoms with Crippen molar-refractivity contribution in [1.29, 1.82) is 0 Å². The van der Waals surface area contributed by atoms with E-state index in [4.69, 9.17) is 9.47 Å². The Morgan fingerprint density at radius 2 is 2.06 bits per heavy atom. The minimum atomic E-state index is -0.853. The number of fused-ring (bicyclic) bond motifs is 1. The van der Waals surface area contributed by atoms with E-state index in [1.165, 1.54) is 23.1 Å². The molecule has 1 aromatic carbocycles. The summed E-state index contributed by atoms with van der Waals surface area (Å²) in [5.41, 5.74) is -0.0211. The van der Waals surface area contributed by atoms with Gasteiger partial charge in [0.1, 0.15) is 22.2 Å². The highest BCUT2D eigenvalue weighted by Gasteiger charge is 2.38. The quantitative estimate of drug-likeness (QED) is 0.308. The molecule has 1 N–H and O–H groups in total. The molecule has 0 atom stereocenters. The topological polar surface area (TPSA) is 84.8 Å². The predicted molar refractivity (Wildman–Crippen MR) is 130 cm³/mol. The number of ketones is 1. The number of carbonyl (C=O) groups excluding carboxylic acids is 1. The van der Waals surface area contributed by atoms with Gasteiger partial charge in [-0.3, -0.25) is 9.69 Å². The Labute approximate surface area is 201 Å². The number of ether oxygens (including phenoxy) is 2. The number of thioether (sulfide) groups is 1. The van der Waals surface area contributed by atoms with E-state index in [0.717, 1.165) is 52.9 Å². The van der Waals surface area contributed by atoms with E-state index in [1.807, 2.05) is 37.3 Å². The molecule has 174 valence electrons. The number of Topliss-reactive ketones (excluding diaryl/α,β-unsaturated/α-hetero) is 1. The van der Waals surface area contributed by atoms with Crippen LogP contribution in [0.1, 0.15) is 33.2 Å². The van der Waals surface area contributed by atoms with Gasteiger partial charge in [0.15, 0.2) is 5.78 Å². The summed E-state index contributed by atoms with van der Waals surface area (Å²) in [6.07, 6.45) is 1.36. The Kier molecular flexibility index (Phi) is 6.41. The van der Waals surface area contributed by atoms with Crippen molar-refractivity contribution >= 4 is 39.8 Å². The van der Waals surface area contributed by atoms with Gasteiger partial charge >= 0.3 is 0 Å². The molecule has 2 aliphatic heterocycles. The summed E-state index contributed by atoms with van der Waals surface area (Å²) in [5.74, 6) is 1.71. The van der Waals surface area contributed by atoms with Crippen LogP contribution in [0.5, 0.6) is 5.75 Å². The molecule has 4 heterocycles. The van der Waals surface area contributed by atoms with Crippen molar-refractivity contribution in [2.45, 2.75) is 36.4 Å². The molecule has 0 amide bonds. The normalized spacial score (nSPS) is 18.9. The molecule has 0 unspecified atom stereocenters. The highest BCUT2D eigenvalue weighted by Crippen LogP contribution is 2.38. The van der Waals surface area contributed by atoms with Crippen LogP contribution in [0.15, 0.2) is 35.4 Å². The highest BCUT2D eigenvalue weighted by atomic mass is 32.2. The van der Waals surface area contributed by atoms with E-state index in [9.17, 15) is 9.90 Å². The van der Waals surface area contributed by atoms with Gasteiger partial charge in [-0.1, -0.05) is 11.8 Å². The van der Waals surface area contributed by atoms with Gasteiger partial charge in [0.25, 0.3) is 0 Å². The monoisotopic (exact) mass is 485 g/mol. The molecule has 33 heavy (non-hydrogen) atoms. The van der Waals surface area contributed by atoms with Crippen molar-refractivity contribution < 1.29 is 19.4 Å². The van der Waals surface area contributed by atoms with Crippen molar-refractivity contribution in [1.82, 2.24) is 14.9 Å². The summed E-state index contributed by atoms with van der Waals surface area (Å²) in [7, 11) is 1.63. The molecule has 2 saturated heterocycles. The number of hydrogen-bond acceptors (Lipinski definition) is 9. The third-order valence-electron chi connectivity index (χ3n) is 6.42. The van der Waals surface area contributed by atoms with Crippen LogP contribution in [0, 0.1) is 6.92 Å². The summed E-state index contributed by atoms with van der Waals surface area (Å²) in [6.45, 7) is 5.14. The molecule has 9 heteroatoms.